The van der Waals surface area contributed by atoms with Crippen LogP contribution in [0.4, 0.5) is 5.69 Å². The molecule has 1 aliphatic rings. The van der Waals surface area contributed by atoms with Crippen LogP contribution in [0.15, 0.2) is 34.1 Å². The fourth-order valence-corrected chi connectivity index (χ4v) is 4.86. The summed E-state index contributed by atoms with van der Waals surface area (Å²) in [4.78, 5) is 17.1. The summed E-state index contributed by atoms with van der Waals surface area (Å²) in [5.41, 5.74) is 3.00. The summed E-state index contributed by atoms with van der Waals surface area (Å²) < 4.78 is 24.8. The zero-order valence-corrected chi connectivity index (χ0v) is 16.4. The molecule has 1 aromatic carbocycles. The van der Waals surface area contributed by atoms with Crippen molar-refractivity contribution in [1.82, 2.24) is 9.78 Å². The van der Waals surface area contributed by atoms with E-state index in [0.29, 0.717) is 17.7 Å². The van der Waals surface area contributed by atoms with Crippen molar-refractivity contribution in [1.29, 1.82) is 0 Å². The number of benzene rings is 1. The fourth-order valence-electron chi connectivity index (χ4n) is 3.16. The molecular formula is C19H25N3O3S. The molecule has 1 aromatic heterocycles. The van der Waals surface area contributed by atoms with Crippen LogP contribution in [0.25, 0.3) is 0 Å². The van der Waals surface area contributed by atoms with E-state index in [1.54, 1.807) is 13.1 Å². The number of nitrogens with one attached hydrogen (secondary N) is 1. The lowest BCUT2D eigenvalue weighted by Crippen LogP contribution is -2.25. The molecule has 3 rings (SSSR count). The molecule has 1 aliphatic heterocycles. The van der Waals surface area contributed by atoms with Gasteiger partial charge in [0.15, 0.2) is 9.84 Å². The minimum absolute atomic E-state index is 0.0116. The van der Waals surface area contributed by atoms with Gasteiger partial charge in [-0.2, -0.15) is 0 Å². The first-order valence-corrected chi connectivity index (χ1v) is 10.5. The Hall–Kier alpha value is -2.15. The molecule has 140 valence electrons. The first-order valence-electron chi connectivity index (χ1n) is 8.73. The molecule has 0 amide bonds. The predicted octanol–water partition coefficient (Wildman–Crippen LogP) is 2.89. The van der Waals surface area contributed by atoms with Crippen molar-refractivity contribution in [2.45, 2.75) is 45.6 Å². The van der Waals surface area contributed by atoms with E-state index in [-0.39, 0.29) is 28.5 Å². The standard InChI is InChI=1S/C19H25N3O3S/c1-13-17(11-20-15-7-5-14(6-8-15)19(2,3)4)18(23)22(21-13)16-9-10-26(24,25)12-16/h5-8,11,16,21H,9-10,12H2,1-4H3. The van der Waals surface area contributed by atoms with Gasteiger partial charge in [0.05, 0.1) is 28.8 Å². The Morgan fingerprint density at radius 2 is 1.88 bits per heavy atom. The third-order valence-electron chi connectivity index (χ3n) is 4.79. The largest absolute Gasteiger partial charge is 0.299 e. The van der Waals surface area contributed by atoms with Crippen LogP contribution in [0.5, 0.6) is 0 Å². The van der Waals surface area contributed by atoms with Crippen LogP contribution in [0.1, 0.15) is 50.1 Å². The fraction of sp³-hybridized carbons (Fsp3) is 0.474. The number of aromatic amines is 1. The van der Waals surface area contributed by atoms with Crippen molar-refractivity contribution >= 4 is 21.7 Å². The molecule has 7 heteroatoms. The van der Waals surface area contributed by atoms with Gasteiger partial charge in [-0.15, -0.1) is 0 Å². The Balaban J connectivity index is 1.84. The number of H-pyrrole nitrogens is 1. The molecule has 1 unspecified atom stereocenters. The van der Waals surface area contributed by atoms with Crippen LogP contribution >= 0.6 is 0 Å². The molecule has 6 nitrogen and oxygen atoms in total. The van der Waals surface area contributed by atoms with Crippen LogP contribution in [0.2, 0.25) is 0 Å². The zero-order valence-electron chi connectivity index (χ0n) is 15.6. The molecule has 0 spiro atoms. The van der Waals surface area contributed by atoms with Gasteiger partial charge in [0, 0.05) is 11.9 Å². The molecule has 1 atom stereocenters. The normalized spacial score (nSPS) is 20.1. The Bertz CT molecular complexity index is 990. The number of aromatic nitrogens is 2. The van der Waals surface area contributed by atoms with E-state index in [1.165, 1.54) is 10.2 Å². The number of aryl methyl sites for hydroxylation is 1. The number of hydrogen-bond acceptors (Lipinski definition) is 4. The van der Waals surface area contributed by atoms with Gasteiger partial charge >= 0.3 is 0 Å². The number of sulfone groups is 1. The van der Waals surface area contributed by atoms with Crippen LogP contribution in [-0.4, -0.2) is 35.9 Å². The van der Waals surface area contributed by atoms with E-state index in [2.05, 4.69) is 30.9 Å². The maximum Gasteiger partial charge on any atom is 0.275 e. The average Bonchev–Trinajstić information content (AvgIpc) is 3.04. The van der Waals surface area contributed by atoms with Crippen molar-refractivity contribution in [2.24, 2.45) is 4.99 Å². The van der Waals surface area contributed by atoms with Crippen LogP contribution < -0.4 is 5.56 Å². The zero-order chi connectivity index (χ0) is 19.1. The minimum Gasteiger partial charge on any atom is -0.299 e. The number of nitrogens with zero attached hydrogens (tertiary/aromatic N) is 2. The molecule has 0 aliphatic carbocycles. The molecule has 0 saturated carbocycles. The van der Waals surface area contributed by atoms with Gasteiger partial charge in [-0.25, -0.2) is 13.1 Å². The molecule has 0 bridgehead atoms. The van der Waals surface area contributed by atoms with Gasteiger partial charge < -0.3 is 0 Å². The van der Waals surface area contributed by atoms with Crippen LogP contribution in [0, 0.1) is 6.92 Å². The van der Waals surface area contributed by atoms with Gasteiger partial charge in [-0.1, -0.05) is 32.9 Å². The van der Waals surface area contributed by atoms with Gasteiger partial charge in [0.2, 0.25) is 0 Å². The molecule has 2 aromatic rings. The summed E-state index contributed by atoms with van der Waals surface area (Å²) >= 11 is 0. The minimum atomic E-state index is -3.05. The quantitative estimate of drug-likeness (QED) is 0.837. The lowest BCUT2D eigenvalue weighted by atomic mass is 9.87. The van der Waals surface area contributed by atoms with Gasteiger partial charge in [-0.05, 0) is 36.5 Å². The molecule has 1 fully saturated rings. The Morgan fingerprint density at radius 3 is 2.42 bits per heavy atom. The summed E-state index contributed by atoms with van der Waals surface area (Å²) in [6.07, 6.45) is 2.02. The molecule has 0 radical (unpaired) electrons. The number of hydrogen-bond donors (Lipinski definition) is 1. The van der Waals surface area contributed by atoms with Crippen molar-refractivity contribution in [3.63, 3.8) is 0 Å². The van der Waals surface area contributed by atoms with E-state index in [1.807, 2.05) is 24.3 Å². The lowest BCUT2D eigenvalue weighted by molar-refractivity contribution is 0.483. The second-order valence-electron chi connectivity index (χ2n) is 7.94. The van der Waals surface area contributed by atoms with Gasteiger partial charge in [-0.3, -0.25) is 14.9 Å². The average molecular weight is 375 g/mol. The summed E-state index contributed by atoms with van der Waals surface area (Å²) in [6.45, 7) is 8.26. The summed E-state index contributed by atoms with van der Waals surface area (Å²) in [5.74, 6) is 0.142. The smallest absolute Gasteiger partial charge is 0.275 e. The number of aliphatic imine (C=N–C) groups is 1. The Labute approximate surface area is 153 Å². The second kappa shape index (κ2) is 6.54. The maximum atomic E-state index is 12.6. The molecule has 26 heavy (non-hydrogen) atoms. The van der Waals surface area contributed by atoms with Crippen LogP contribution in [0.3, 0.4) is 0 Å². The third-order valence-corrected chi connectivity index (χ3v) is 6.54. The first-order chi connectivity index (χ1) is 12.1. The highest BCUT2D eigenvalue weighted by atomic mass is 32.2. The Morgan fingerprint density at radius 1 is 1.23 bits per heavy atom. The molecule has 2 heterocycles. The highest BCUT2D eigenvalue weighted by Crippen LogP contribution is 2.25. The van der Waals surface area contributed by atoms with E-state index in [0.717, 1.165) is 5.69 Å². The van der Waals surface area contributed by atoms with Crippen molar-refractivity contribution in [3.05, 3.63) is 51.4 Å². The highest BCUT2D eigenvalue weighted by Gasteiger charge is 2.31. The lowest BCUT2D eigenvalue weighted by Gasteiger charge is -2.18. The first kappa shape index (κ1) is 18.6. The van der Waals surface area contributed by atoms with Gasteiger partial charge in [0.25, 0.3) is 5.56 Å². The maximum absolute atomic E-state index is 12.6. The molecular weight excluding hydrogens is 350 g/mol. The summed E-state index contributed by atoms with van der Waals surface area (Å²) in [6, 6.07) is 7.62. The second-order valence-corrected chi connectivity index (χ2v) is 10.2. The van der Waals surface area contributed by atoms with E-state index in [4.69, 9.17) is 0 Å². The molecule has 1 N–H and O–H groups in total. The van der Waals surface area contributed by atoms with Crippen molar-refractivity contribution in [2.75, 3.05) is 11.5 Å². The van der Waals surface area contributed by atoms with Crippen LogP contribution in [-0.2, 0) is 15.3 Å². The number of rotatable bonds is 3. The highest BCUT2D eigenvalue weighted by molar-refractivity contribution is 7.91. The van der Waals surface area contributed by atoms with E-state index in [9.17, 15) is 13.2 Å². The van der Waals surface area contributed by atoms with Crippen molar-refractivity contribution in [3.8, 4) is 0 Å². The molecule has 1 saturated heterocycles. The van der Waals surface area contributed by atoms with E-state index >= 15 is 0 Å². The SMILES string of the molecule is Cc1[nH]n(C2CCS(=O)(=O)C2)c(=O)c1C=Nc1ccc(C(C)(C)C)cc1. The summed E-state index contributed by atoms with van der Waals surface area (Å²) in [7, 11) is -3.05. The predicted molar refractivity (Wildman–Crippen MR) is 104 cm³/mol. The monoisotopic (exact) mass is 375 g/mol. The third kappa shape index (κ3) is 3.82. The van der Waals surface area contributed by atoms with Gasteiger partial charge in [0.1, 0.15) is 0 Å². The van der Waals surface area contributed by atoms with Crippen molar-refractivity contribution < 1.29 is 8.42 Å². The van der Waals surface area contributed by atoms with E-state index < -0.39 is 9.84 Å². The Kier molecular flexibility index (Phi) is 4.69. The summed E-state index contributed by atoms with van der Waals surface area (Å²) in [5, 5.41) is 3.01. The topological polar surface area (TPSA) is 84.3 Å².